The van der Waals surface area contributed by atoms with E-state index in [1.165, 1.54) is 0 Å². The molecule has 19 heavy (non-hydrogen) atoms. The molecule has 4 amide bonds. The molecule has 0 aromatic carbocycles. The Morgan fingerprint density at radius 2 is 2.05 bits per heavy atom. The van der Waals surface area contributed by atoms with E-state index in [4.69, 9.17) is 5.11 Å². The number of aliphatic hydroxyl groups excluding tert-OH is 1. The standard InChI is InChI=1S/C12H21N3O4/c1-5-12(4)9(18)15(10(19)14-12)6-8(17)13-11(2,3)7-16/h16H,5-7H2,1-4H3,(H,13,17)(H,14,19). The van der Waals surface area contributed by atoms with Gasteiger partial charge in [-0.15, -0.1) is 0 Å². The van der Waals surface area contributed by atoms with E-state index in [0.717, 1.165) is 4.90 Å². The first-order valence-electron chi connectivity index (χ1n) is 6.21. The lowest BCUT2D eigenvalue weighted by atomic mass is 9.99. The third kappa shape index (κ3) is 3.23. The van der Waals surface area contributed by atoms with Crippen LogP contribution in [-0.4, -0.2) is 52.1 Å². The van der Waals surface area contributed by atoms with Crippen molar-refractivity contribution in [3.05, 3.63) is 0 Å². The van der Waals surface area contributed by atoms with Gasteiger partial charge in [0.2, 0.25) is 5.91 Å². The van der Waals surface area contributed by atoms with Crippen molar-refractivity contribution < 1.29 is 19.5 Å². The number of carbonyl (C=O) groups is 3. The number of amides is 4. The molecule has 1 fully saturated rings. The lowest BCUT2D eigenvalue weighted by molar-refractivity contribution is -0.135. The van der Waals surface area contributed by atoms with Crippen LogP contribution in [-0.2, 0) is 9.59 Å². The maximum Gasteiger partial charge on any atom is 0.325 e. The van der Waals surface area contributed by atoms with Crippen molar-refractivity contribution >= 4 is 17.8 Å². The Bertz CT molecular complexity index is 408. The van der Waals surface area contributed by atoms with E-state index in [-0.39, 0.29) is 13.2 Å². The topological polar surface area (TPSA) is 98.7 Å². The highest BCUT2D eigenvalue weighted by atomic mass is 16.3. The minimum Gasteiger partial charge on any atom is -0.394 e. The second-order valence-electron chi connectivity index (χ2n) is 5.60. The molecule has 0 aliphatic carbocycles. The second kappa shape index (κ2) is 5.16. The Morgan fingerprint density at radius 1 is 1.47 bits per heavy atom. The average Bonchev–Trinajstić information content (AvgIpc) is 2.53. The molecular weight excluding hydrogens is 250 g/mol. The summed E-state index contributed by atoms with van der Waals surface area (Å²) in [5, 5.41) is 14.2. The number of hydrogen-bond acceptors (Lipinski definition) is 4. The van der Waals surface area contributed by atoms with Gasteiger partial charge in [-0.05, 0) is 27.2 Å². The van der Waals surface area contributed by atoms with Gasteiger partial charge in [0.15, 0.2) is 0 Å². The lowest BCUT2D eigenvalue weighted by Gasteiger charge is -2.25. The van der Waals surface area contributed by atoms with Gasteiger partial charge in [0, 0.05) is 0 Å². The Balaban J connectivity index is 2.71. The predicted molar refractivity (Wildman–Crippen MR) is 68.2 cm³/mol. The first kappa shape index (κ1) is 15.4. The van der Waals surface area contributed by atoms with Crippen LogP contribution in [0.15, 0.2) is 0 Å². The van der Waals surface area contributed by atoms with Gasteiger partial charge < -0.3 is 15.7 Å². The first-order valence-corrected chi connectivity index (χ1v) is 6.21. The number of rotatable bonds is 5. The quantitative estimate of drug-likeness (QED) is 0.592. The van der Waals surface area contributed by atoms with Crippen LogP contribution >= 0.6 is 0 Å². The lowest BCUT2D eigenvalue weighted by Crippen LogP contribution is -2.51. The van der Waals surface area contributed by atoms with Gasteiger partial charge >= 0.3 is 6.03 Å². The zero-order valence-corrected chi connectivity index (χ0v) is 11.7. The van der Waals surface area contributed by atoms with Crippen molar-refractivity contribution in [1.29, 1.82) is 0 Å². The largest absolute Gasteiger partial charge is 0.394 e. The molecule has 1 atom stereocenters. The molecule has 1 heterocycles. The number of nitrogens with one attached hydrogen (secondary N) is 2. The van der Waals surface area contributed by atoms with Gasteiger partial charge in [-0.2, -0.15) is 0 Å². The molecule has 0 spiro atoms. The maximum absolute atomic E-state index is 12.1. The fourth-order valence-electron chi connectivity index (χ4n) is 1.73. The van der Waals surface area contributed by atoms with E-state index in [1.807, 2.05) is 0 Å². The third-order valence-electron chi connectivity index (χ3n) is 3.23. The van der Waals surface area contributed by atoms with Crippen molar-refractivity contribution in [3.63, 3.8) is 0 Å². The fourth-order valence-corrected chi connectivity index (χ4v) is 1.73. The maximum atomic E-state index is 12.1. The van der Waals surface area contributed by atoms with E-state index in [9.17, 15) is 14.4 Å². The molecule has 1 aliphatic heterocycles. The van der Waals surface area contributed by atoms with E-state index < -0.39 is 28.9 Å². The SMILES string of the molecule is CCC1(C)NC(=O)N(CC(=O)NC(C)(C)CO)C1=O. The van der Waals surface area contributed by atoms with Gasteiger partial charge in [0.05, 0.1) is 12.1 Å². The van der Waals surface area contributed by atoms with Crippen LogP contribution in [0, 0.1) is 0 Å². The van der Waals surface area contributed by atoms with Crippen molar-refractivity contribution in [1.82, 2.24) is 15.5 Å². The highest BCUT2D eigenvalue weighted by Crippen LogP contribution is 2.20. The smallest absolute Gasteiger partial charge is 0.325 e. The van der Waals surface area contributed by atoms with Crippen LogP contribution < -0.4 is 10.6 Å². The number of aliphatic hydroxyl groups is 1. The van der Waals surface area contributed by atoms with Gasteiger partial charge in [0.25, 0.3) is 5.91 Å². The molecule has 3 N–H and O–H groups in total. The van der Waals surface area contributed by atoms with E-state index >= 15 is 0 Å². The molecule has 0 aromatic heterocycles. The van der Waals surface area contributed by atoms with Crippen LogP contribution in [0.3, 0.4) is 0 Å². The van der Waals surface area contributed by atoms with Crippen LogP contribution in [0.4, 0.5) is 4.79 Å². The first-order chi connectivity index (χ1) is 8.65. The van der Waals surface area contributed by atoms with Crippen molar-refractivity contribution in [2.45, 2.75) is 45.2 Å². The number of hydrogen-bond donors (Lipinski definition) is 3. The summed E-state index contributed by atoms with van der Waals surface area (Å²) in [6, 6.07) is -0.564. The summed E-state index contributed by atoms with van der Waals surface area (Å²) in [5.74, 6) is -0.889. The fraction of sp³-hybridized carbons (Fsp3) is 0.750. The summed E-state index contributed by atoms with van der Waals surface area (Å²) in [5.41, 5.74) is -1.73. The van der Waals surface area contributed by atoms with Crippen LogP contribution in [0.1, 0.15) is 34.1 Å². The summed E-state index contributed by atoms with van der Waals surface area (Å²) in [6.07, 6.45) is 0.456. The zero-order chi connectivity index (χ0) is 14.8. The highest BCUT2D eigenvalue weighted by Gasteiger charge is 2.47. The van der Waals surface area contributed by atoms with Crippen LogP contribution in [0.5, 0.6) is 0 Å². The zero-order valence-electron chi connectivity index (χ0n) is 11.7. The van der Waals surface area contributed by atoms with Gasteiger partial charge in [-0.25, -0.2) is 4.79 Å². The number of imide groups is 1. The van der Waals surface area contributed by atoms with Gasteiger partial charge in [0.1, 0.15) is 12.1 Å². The third-order valence-corrected chi connectivity index (χ3v) is 3.23. The monoisotopic (exact) mass is 271 g/mol. The molecule has 1 unspecified atom stereocenters. The summed E-state index contributed by atoms with van der Waals surface area (Å²) in [4.78, 5) is 36.4. The minimum atomic E-state index is -0.941. The number of nitrogens with zero attached hydrogens (tertiary/aromatic N) is 1. The molecule has 1 aliphatic rings. The Hall–Kier alpha value is -1.63. The average molecular weight is 271 g/mol. The highest BCUT2D eigenvalue weighted by molar-refractivity contribution is 6.08. The summed E-state index contributed by atoms with van der Waals surface area (Å²) in [6.45, 7) is 6.13. The van der Waals surface area contributed by atoms with Crippen molar-refractivity contribution in [2.24, 2.45) is 0 Å². The molecule has 0 radical (unpaired) electrons. The van der Waals surface area contributed by atoms with Crippen LogP contribution in [0.25, 0.3) is 0 Å². The molecule has 0 aromatic rings. The van der Waals surface area contributed by atoms with E-state index in [1.54, 1.807) is 27.7 Å². The molecule has 108 valence electrons. The molecule has 1 rings (SSSR count). The summed E-state index contributed by atoms with van der Waals surface area (Å²) in [7, 11) is 0. The second-order valence-corrected chi connectivity index (χ2v) is 5.60. The van der Waals surface area contributed by atoms with Gasteiger partial charge in [-0.1, -0.05) is 6.92 Å². The number of carbonyl (C=O) groups excluding carboxylic acids is 3. The van der Waals surface area contributed by atoms with E-state index in [0.29, 0.717) is 6.42 Å². The van der Waals surface area contributed by atoms with E-state index in [2.05, 4.69) is 10.6 Å². The van der Waals surface area contributed by atoms with Gasteiger partial charge in [-0.3, -0.25) is 14.5 Å². The molecular formula is C12H21N3O4. The minimum absolute atomic E-state index is 0.231. The number of urea groups is 1. The Morgan fingerprint density at radius 3 is 2.47 bits per heavy atom. The Kier molecular flexibility index (Phi) is 4.19. The molecule has 7 heteroatoms. The van der Waals surface area contributed by atoms with Crippen molar-refractivity contribution in [2.75, 3.05) is 13.2 Å². The summed E-state index contributed by atoms with van der Waals surface area (Å²) < 4.78 is 0. The predicted octanol–water partition coefficient (Wildman–Crippen LogP) is -0.406. The molecule has 0 saturated carbocycles. The normalized spacial score (nSPS) is 23.5. The van der Waals surface area contributed by atoms with Crippen LogP contribution in [0.2, 0.25) is 0 Å². The molecule has 7 nitrogen and oxygen atoms in total. The Labute approximate surface area is 112 Å². The van der Waals surface area contributed by atoms with Crippen molar-refractivity contribution in [3.8, 4) is 0 Å². The molecule has 1 saturated heterocycles. The summed E-state index contributed by atoms with van der Waals surface area (Å²) >= 11 is 0. The molecule has 0 bridgehead atoms.